The van der Waals surface area contributed by atoms with E-state index in [9.17, 15) is 14.0 Å². The maximum atomic E-state index is 13.8. The van der Waals surface area contributed by atoms with E-state index in [1.165, 1.54) is 24.4 Å². The van der Waals surface area contributed by atoms with Crippen LogP contribution in [0.5, 0.6) is 0 Å². The van der Waals surface area contributed by atoms with Gasteiger partial charge in [0.1, 0.15) is 11.6 Å². The number of aliphatic imine (C=N–C) groups is 1. The summed E-state index contributed by atoms with van der Waals surface area (Å²) < 4.78 is 13.8. The van der Waals surface area contributed by atoms with E-state index in [2.05, 4.69) is 15.3 Å². The van der Waals surface area contributed by atoms with E-state index in [1.807, 2.05) is 19.1 Å². The van der Waals surface area contributed by atoms with Gasteiger partial charge in [0, 0.05) is 36.5 Å². The SMILES string of the molecule is C.CN=C(C)c1ccc(C(=O)Cc2ccc(F)cc2C(=O)Nc2ccc(Cl)cn2)cc1. The Hall–Kier alpha value is -3.38. The predicted molar refractivity (Wildman–Crippen MR) is 123 cm³/mol. The van der Waals surface area contributed by atoms with Gasteiger partial charge in [0.25, 0.3) is 5.91 Å². The zero-order valence-corrected chi connectivity index (χ0v) is 17.2. The molecule has 2 aromatic carbocycles. The van der Waals surface area contributed by atoms with Crippen molar-refractivity contribution >= 4 is 34.8 Å². The molecule has 1 N–H and O–H groups in total. The van der Waals surface area contributed by atoms with Gasteiger partial charge < -0.3 is 5.32 Å². The highest BCUT2D eigenvalue weighted by Gasteiger charge is 2.17. The van der Waals surface area contributed by atoms with E-state index in [0.29, 0.717) is 16.1 Å². The average molecular weight is 440 g/mol. The van der Waals surface area contributed by atoms with Gasteiger partial charge in [-0.05, 0) is 42.3 Å². The van der Waals surface area contributed by atoms with Gasteiger partial charge in [-0.25, -0.2) is 9.37 Å². The summed E-state index contributed by atoms with van der Waals surface area (Å²) in [5, 5.41) is 3.02. The average Bonchev–Trinajstić information content (AvgIpc) is 2.76. The molecule has 5 nitrogen and oxygen atoms in total. The Kier molecular flexibility index (Phi) is 8.16. The minimum atomic E-state index is -0.570. The third kappa shape index (κ3) is 6.06. The van der Waals surface area contributed by atoms with Gasteiger partial charge in [0.05, 0.1) is 5.02 Å². The fourth-order valence-electron chi connectivity index (χ4n) is 2.85. The first-order chi connectivity index (χ1) is 14.4. The van der Waals surface area contributed by atoms with Gasteiger partial charge in [0.2, 0.25) is 0 Å². The first-order valence-corrected chi connectivity index (χ1v) is 9.53. The molecule has 3 aromatic rings. The summed E-state index contributed by atoms with van der Waals surface area (Å²) in [5.74, 6) is -1.04. The molecule has 3 rings (SSSR count). The zero-order valence-electron chi connectivity index (χ0n) is 16.4. The second-order valence-corrected chi connectivity index (χ2v) is 7.04. The van der Waals surface area contributed by atoms with Crippen LogP contribution in [-0.4, -0.2) is 29.4 Å². The number of hydrogen-bond acceptors (Lipinski definition) is 4. The fourth-order valence-corrected chi connectivity index (χ4v) is 2.96. The van der Waals surface area contributed by atoms with Gasteiger partial charge in [-0.15, -0.1) is 0 Å². The molecule has 7 heteroatoms. The predicted octanol–water partition coefficient (Wildman–Crippen LogP) is 5.63. The van der Waals surface area contributed by atoms with Crippen LogP contribution in [0.25, 0.3) is 0 Å². The Labute approximate surface area is 186 Å². The Balaban J connectivity index is 0.00000341. The van der Waals surface area contributed by atoms with Crippen molar-refractivity contribution in [3.63, 3.8) is 0 Å². The van der Waals surface area contributed by atoms with Gasteiger partial charge in [-0.1, -0.05) is 49.4 Å². The van der Waals surface area contributed by atoms with Crippen LogP contribution < -0.4 is 5.32 Å². The van der Waals surface area contributed by atoms with Crippen molar-refractivity contribution in [2.45, 2.75) is 20.8 Å². The molecule has 0 radical (unpaired) electrons. The Morgan fingerprint density at radius 3 is 2.35 bits per heavy atom. The molecule has 0 fully saturated rings. The number of rotatable bonds is 6. The van der Waals surface area contributed by atoms with Crippen LogP contribution in [0.2, 0.25) is 5.02 Å². The number of amides is 1. The van der Waals surface area contributed by atoms with Crippen molar-refractivity contribution in [2.75, 3.05) is 12.4 Å². The highest BCUT2D eigenvalue weighted by molar-refractivity contribution is 6.30. The van der Waals surface area contributed by atoms with Crippen molar-refractivity contribution in [2.24, 2.45) is 4.99 Å². The lowest BCUT2D eigenvalue weighted by atomic mass is 9.97. The quantitative estimate of drug-likeness (QED) is 0.400. The number of carbonyl (C=O) groups excluding carboxylic acids is 2. The van der Waals surface area contributed by atoms with Gasteiger partial charge in [0.15, 0.2) is 5.78 Å². The first-order valence-electron chi connectivity index (χ1n) is 9.15. The second-order valence-electron chi connectivity index (χ2n) is 6.60. The number of hydrogen-bond donors (Lipinski definition) is 1. The Morgan fingerprint density at radius 1 is 1.06 bits per heavy atom. The standard InChI is InChI=1S/C23H19ClFN3O2.CH4/c1-14(26-2)15-3-5-16(6-4-15)21(29)11-17-7-9-19(25)12-20(17)23(30)28-22-10-8-18(24)13-27-22;/h3-10,12-13H,11H2,1-2H3,(H,27,28,30);1H4. The number of benzene rings is 2. The number of nitrogens with zero attached hydrogens (tertiary/aromatic N) is 2. The van der Waals surface area contributed by atoms with E-state index in [1.54, 1.807) is 25.2 Å². The third-order valence-corrected chi connectivity index (χ3v) is 4.82. The van der Waals surface area contributed by atoms with Crippen LogP contribution >= 0.6 is 11.6 Å². The monoisotopic (exact) mass is 439 g/mol. The number of halogens is 2. The lowest BCUT2D eigenvalue weighted by molar-refractivity contribution is 0.0992. The van der Waals surface area contributed by atoms with Gasteiger partial charge in [-0.3, -0.25) is 14.6 Å². The molecule has 1 amide bonds. The topological polar surface area (TPSA) is 71.4 Å². The van der Waals surface area contributed by atoms with Crippen molar-refractivity contribution in [1.82, 2.24) is 4.98 Å². The van der Waals surface area contributed by atoms with Crippen molar-refractivity contribution in [1.29, 1.82) is 0 Å². The molecule has 0 atom stereocenters. The largest absolute Gasteiger partial charge is 0.307 e. The van der Waals surface area contributed by atoms with Crippen LogP contribution in [0.1, 0.15) is 46.2 Å². The van der Waals surface area contributed by atoms with Gasteiger partial charge in [-0.2, -0.15) is 0 Å². The molecule has 0 saturated heterocycles. The molecule has 0 spiro atoms. The molecule has 0 bridgehead atoms. The maximum Gasteiger partial charge on any atom is 0.257 e. The lowest BCUT2D eigenvalue weighted by Crippen LogP contribution is -2.17. The summed E-state index contributed by atoms with van der Waals surface area (Å²) in [6.45, 7) is 1.88. The van der Waals surface area contributed by atoms with Crippen molar-refractivity contribution in [3.05, 3.63) is 93.9 Å². The first kappa shape index (κ1) is 23.9. The molecule has 0 saturated carbocycles. The molecule has 0 aliphatic carbocycles. The van der Waals surface area contributed by atoms with Gasteiger partial charge >= 0.3 is 0 Å². The van der Waals surface area contributed by atoms with Crippen LogP contribution in [-0.2, 0) is 6.42 Å². The lowest BCUT2D eigenvalue weighted by Gasteiger charge is -2.10. The number of Topliss-reactive ketones (excluding diaryl/α,β-unsaturated/α-hetero) is 1. The smallest absolute Gasteiger partial charge is 0.257 e. The normalized spacial score (nSPS) is 10.9. The van der Waals surface area contributed by atoms with Crippen molar-refractivity contribution < 1.29 is 14.0 Å². The van der Waals surface area contributed by atoms with E-state index in [0.717, 1.165) is 17.3 Å². The Bertz CT molecular complexity index is 1110. The molecule has 0 unspecified atom stereocenters. The van der Waals surface area contributed by atoms with Crippen LogP contribution in [0.4, 0.5) is 10.2 Å². The highest BCUT2D eigenvalue weighted by atomic mass is 35.5. The van der Waals surface area contributed by atoms with E-state index < -0.39 is 11.7 Å². The Morgan fingerprint density at radius 2 is 1.74 bits per heavy atom. The van der Waals surface area contributed by atoms with E-state index >= 15 is 0 Å². The number of pyridine rings is 1. The molecule has 1 heterocycles. The zero-order chi connectivity index (χ0) is 21.7. The number of carbonyl (C=O) groups is 2. The summed E-state index contributed by atoms with van der Waals surface area (Å²) in [6.07, 6.45) is 1.35. The van der Waals surface area contributed by atoms with E-state index in [-0.39, 0.29) is 31.0 Å². The molecule has 0 aliphatic heterocycles. The number of ketones is 1. The fraction of sp³-hybridized carbons (Fsp3) is 0.167. The number of nitrogens with one attached hydrogen (secondary N) is 1. The summed E-state index contributed by atoms with van der Waals surface area (Å²) in [5.41, 5.74) is 2.78. The molecular weight excluding hydrogens is 417 g/mol. The van der Waals surface area contributed by atoms with Crippen LogP contribution in [0.15, 0.2) is 65.8 Å². The second kappa shape index (κ2) is 10.6. The highest BCUT2D eigenvalue weighted by Crippen LogP contribution is 2.18. The third-order valence-electron chi connectivity index (χ3n) is 4.60. The summed E-state index contributed by atoms with van der Waals surface area (Å²) in [6, 6.07) is 14.0. The number of anilines is 1. The van der Waals surface area contributed by atoms with E-state index in [4.69, 9.17) is 11.6 Å². The van der Waals surface area contributed by atoms with Crippen LogP contribution in [0, 0.1) is 5.82 Å². The minimum absolute atomic E-state index is 0. The minimum Gasteiger partial charge on any atom is -0.307 e. The number of aromatic nitrogens is 1. The maximum absolute atomic E-state index is 13.8. The molecular formula is C24H23ClFN3O2. The van der Waals surface area contributed by atoms with Crippen LogP contribution in [0.3, 0.4) is 0 Å². The summed E-state index contributed by atoms with van der Waals surface area (Å²) >= 11 is 5.79. The summed E-state index contributed by atoms with van der Waals surface area (Å²) in [7, 11) is 1.70. The molecule has 0 aliphatic rings. The van der Waals surface area contributed by atoms with Crippen molar-refractivity contribution in [3.8, 4) is 0 Å². The summed E-state index contributed by atoms with van der Waals surface area (Å²) in [4.78, 5) is 33.5. The molecule has 1 aromatic heterocycles. The molecule has 160 valence electrons. The molecule has 31 heavy (non-hydrogen) atoms.